The molecule has 0 spiro atoms. The lowest BCUT2D eigenvalue weighted by atomic mass is 10.0. The Bertz CT molecular complexity index is 961. The van der Waals surface area contributed by atoms with Gasteiger partial charge in [-0.15, -0.1) is 0 Å². The van der Waals surface area contributed by atoms with Crippen LogP contribution >= 0.6 is 0 Å². The highest BCUT2D eigenvalue weighted by molar-refractivity contribution is 5.81. The second-order valence-electron chi connectivity index (χ2n) is 8.05. The van der Waals surface area contributed by atoms with E-state index in [-0.39, 0.29) is 12.5 Å². The molecule has 0 aliphatic carbocycles. The largest absolute Gasteiger partial charge is 0.481 e. The van der Waals surface area contributed by atoms with Gasteiger partial charge in [0, 0.05) is 11.1 Å². The van der Waals surface area contributed by atoms with Crippen LogP contribution in [0.3, 0.4) is 0 Å². The van der Waals surface area contributed by atoms with E-state index in [1.165, 1.54) is 0 Å². The highest BCUT2D eigenvalue weighted by Crippen LogP contribution is 2.22. The van der Waals surface area contributed by atoms with Crippen LogP contribution in [0.25, 0.3) is 11.4 Å². The molecular formula is C23H27N3O3. The standard InChI is InChI=1S/C23H27N3O3/c1-16-10-9-13-19(14-16)28-17(2)22(27)26(23(3,4)5)15-20-24-21(25-29-20)18-11-7-6-8-12-18/h6-14,17H,15H2,1-5H3/t17-/m1/s1. The first-order valence-electron chi connectivity index (χ1n) is 9.67. The van der Waals surface area contributed by atoms with Crippen LogP contribution in [-0.2, 0) is 11.3 Å². The Kier molecular flexibility index (Phi) is 6.01. The maximum absolute atomic E-state index is 13.2. The molecule has 1 aromatic heterocycles. The third-order valence-corrected chi connectivity index (χ3v) is 4.52. The van der Waals surface area contributed by atoms with E-state index in [1.54, 1.807) is 11.8 Å². The van der Waals surface area contributed by atoms with Crippen molar-refractivity contribution in [2.75, 3.05) is 0 Å². The molecule has 152 valence electrons. The van der Waals surface area contributed by atoms with Crippen molar-refractivity contribution < 1.29 is 14.1 Å². The molecule has 0 radical (unpaired) electrons. The van der Waals surface area contributed by atoms with Gasteiger partial charge in [-0.2, -0.15) is 4.98 Å². The lowest BCUT2D eigenvalue weighted by Crippen LogP contribution is -2.50. The van der Waals surface area contributed by atoms with E-state index in [0.29, 0.717) is 17.5 Å². The normalized spacial score (nSPS) is 12.4. The summed E-state index contributed by atoms with van der Waals surface area (Å²) in [4.78, 5) is 19.3. The molecule has 6 heteroatoms. The van der Waals surface area contributed by atoms with E-state index in [4.69, 9.17) is 9.26 Å². The average molecular weight is 393 g/mol. The molecule has 0 fully saturated rings. The minimum absolute atomic E-state index is 0.140. The highest BCUT2D eigenvalue weighted by Gasteiger charge is 2.32. The molecular weight excluding hydrogens is 366 g/mol. The first kappa shape index (κ1) is 20.6. The number of rotatable bonds is 6. The van der Waals surface area contributed by atoms with Crippen molar-refractivity contribution in [1.29, 1.82) is 0 Å². The first-order valence-corrected chi connectivity index (χ1v) is 9.67. The van der Waals surface area contributed by atoms with Gasteiger partial charge in [-0.3, -0.25) is 4.79 Å². The van der Waals surface area contributed by atoms with Gasteiger partial charge in [0.05, 0.1) is 0 Å². The number of ether oxygens (including phenoxy) is 1. The smallest absolute Gasteiger partial charge is 0.264 e. The molecule has 0 saturated heterocycles. The summed E-state index contributed by atoms with van der Waals surface area (Å²) in [6.45, 7) is 9.87. The van der Waals surface area contributed by atoms with E-state index in [2.05, 4.69) is 10.1 Å². The molecule has 3 rings (SSSR count). The number of carbonyl (C=O) groups excluding carboxylic acids is 1. The summed E-state index contributed by atoms with van der Waals surface area (Å²) in [5, 5.41) is 4.05. The van der Waals surface area contributed by atoms with Gasteiger partial charge in [0.1, 0.15) is 12.3 Å². The summed E-state index contributed by atoms with van der Waals surface area (Å²) >= 11 is 0. The molecule has 0 bridgehead atoms. The van der Waals surface area contributed by atoms with E-state index in [0.717, 1.165) is 11.1 Å². The Morgan fingerprint density at radius 3 is 2.52 bits per heavy atom. The molecule has 2 aromatic carbocycles. The fourth-order valence-electron chi connectivity index (χ4n) is 2.97. The SMILES string of the molecule is Cc1cccc(O[C@H](C)C(=O)N(Cc2nc(-c3ccccc3)no2)C(C)(C)C)c1. The molecule has 0 aliphatic heterocycles. The third kappa shape index (κ3) is 5.22. The van der Waals surface area contributed by atoms with E-state index in [9.17, 15) is 4.79 Å². The zero-order chi connectivity index (χ0) is 21.0. The van der Waals surface area contributed by atoms with Gasteiger partial charge < -0.3 is 14.2 Å². The lowest BCUT2D eigenvalue weighted by Gasteiger charge is -2.36. The Labute approximate surface area is 171 Å². The maximum atomic E-state index is 13.2. The van der Waals surface area contributed by atoms with Crippen LogP contribution in [-0.4, -0.2) is 32.6 Å². The number of hydrogen-bond donors (Lipinski definition) is 0. The van der Waals surface area contributed by atoms with Gasteiger partial charge in [0.2, 0.25) is 11.7 Å². The summed E-state index contributed by atoms with van der Waals surface area (Å²) in [5.74, 6) is 1.42. The summed E-state index contributed by atoms with van der Waals surface area (Å²) in [5.41, 5.74) is 1.50. The highest BCUT2D eigenvalue weighted by atomic mass is 16.5. The molecule has 1 atom stereocenters. The number of aryl methyl sites for hydroxylation is 1. The number of carbonyl (C=O) groups is 1. The van der Waals surface area contributed by atoms with Crippen molar-refractivity contribution in [3.05, 3.63) is 66.1 Å². The van der Waals surface area contributed by atoms with Crippen LogP contribution < -0.4 is 4.74 Å². The number of amides is 1. The Balaban J connectivity index is 1.76. The summed E-state index contributed by atoms with van der Waals surface area (Å²) < 4.78 is 11.3. The quantitative estimate of drug-likeness (QED) is 0.610. The zero-order valence-corrected chi connectivity index (χ0v) is 17.5. The van der Waals surface area contributed by atoms with Crippen LogP contribution in [0.5, 0.6) is 5.75 Å². The fourth-order valence-corrected chi connectivity index (χ4v) is 2.97. The van der Waals surface area contributed by atoms with Crippen LogP contribution in [0.2, 0.25) is 0 Å². The molecule has 0 unspecified atom stereocenters. The van der Waals surface area contributed by atoms with Gasteiger partial charge in [-0.25, -0.2) is 0 Å². The van der Waals surface area contributed by atoms with Gasteiger partial charge in [-0.1, -0.05) is 47.6 Å². The number of aromatic nitrogens is 2. The van der Waals surface area contributed by atoms with Crippen LogP contribution in [0.4, 0.5) is 0 Å². The van der Waals surface area contributed by atoms with E-state index in [1.807, 2.05) is 82.3 Å². The third-order valence-electron chi connectivity index (χ3n) is 4.52. The topological polar surface area (TPSA) is 68.5 Å². The molecule has 1 heterocycles. The van der Waals surface area contributed by atoms with Crippen molar-refractivity contribution in [2.45, 2.75) is 52.8 Å². The first-order chi connectivity index (χ1) is 13.7. The van der Waals surface area contributed by atoms with Crippen molar-refractivity contribution in [3.63, 3.8) is 0 Å². The molecule has 29 heavy (non-hydrogen) atoms. The monoisotopic (exact) mass is 393 g/mol. The molecule has 0 N–H and O–H groups in total. The second kappa shape index (κ2) is 8.47. The Morgan fingerprint density at radius 2 is 1.86 bits per heavy atom. The molecule has 0 saturated carbocycles. The summed E-state index contributed by atoms with van der Waals surface area (Å²) in [7, 11) is 0. The number of nitrogens with zero attached hydrogens (tertiary/aromatic N) is 3. The van der Waals surface area contributed by atoms with E-state index < -0.39 is 11.6 Å². The molecule has 1 amide bonds. The maximum Gasteiger partial charge on any atom is 0.264 e. The molecule has 3 aromatic rings. The van der Waals surface area contributed by atoms with Crippen molar-refractivity contribution in [1.82, 2.24) is 15.0 Å². The molecule has 0 aliphatic rings. The van der Waals surface area contributed by atoms with Crippen molar-refractivity contribution >= 4 is 5.91 Å². The fraction of sp³-hybridized carbons (Fsp3) is 0.348. The van der Waals surface area contributed by atoms with Crippen molar-refractivity contribution in [2.24, 2.45) is 0 Å². The lowest BCUT2D eigenvalue weighted by molar-refractivity contribution is -0.144. The average Bonchev–Trinajstić information content (AvgIpc) is 3.14. The van der Waals surface area contributed by atoms with Crippen LogP contribution in [0.15, 0.2) is 59.1 Å². The van der Waals surface area contributed by atoms with Crippen molar-refractivity contribution in [3.8, 4) is 17.1 Å². The summed E-state index contributed by atoms with van der Waals surface area (Å²) in [6, 6.07) is 17.3. The van der Waals surface area contributed by atoms with E-state index >= 15 is 0 Å². The molecule has 6 nitrogen and oxygen atoms in total. The predicted octanol–water partition coefficient (Wildman–Crippen LogP) is 4.64. The Hall–Kier alpha value is -3.15. The van der Waals surface area contributed by atoms with Gasteiger partial charge >= 0.3 is 0 Å². The minimum atomic E-state index is -0.646. The summed E-state index contributed by atoms with van der Waals surface area (Å²) in [6.07, 6.45) is -0.646. The van der Waals surface area contributed by atoms with Gasteiger partial charge in [0.25, 0.3) is 5.91 Å². The minimum Gasteiger partial charge on any atom is -0.481 e. The number of benzene rings is 2. The Morgan fingerprint density at radius 1 is 1.14 bits per heavy atom. The van der Waals surface area contributed by atoms with Gasteiger partial charge in [0.15, 0.2) is 6.10 Å². The van der Waals surface area contributed by atoms with Crippen LogP contribution in [0, 0.1) is 6.92 Å². The van der Waals surface area contributed by atoms with Gasteiger partial charge in [-0.05, 0) is 52.3 Å². The second-order valence-corrected chi connectivity index (χ2v) is 8.05. The van der Waals surface area contributed by atoms with Crippen LogP contribution in [0.1, 0.15) is 39.1 Å². The number of hydrogen-bond acceptors (Lipinski definition) is 5. The predicted molar refractivity (Wildman–Crippen MR) is 111 cm³/mol. The zero-order valence-electron chi connectivity index (χ0n) is 17.5.